The van der Waals surface area contributed by atoms with E-state index in [0.29, 0.717) is 5.69 Å². The van der Waals surface area contributed by atoms with E-state index in [0.717, 1.165) is 4.47 Å². The summed E-state index contributed by atoms with van der Waals surface area (Å²) in [6, 6.07) is 6.98. The molecule has 0 amide bonds. The van der Waals surface area contributed by atoms with Crippen molar-refractivity contribution in [3.8, 4) is 5.69 Å². The Labute approximate surface area is 121 Å². The van der Waals surface area contributed by atoms with Crippen LogP contribution < -0.4 is 0 Å². The van der Waals surface area contributed by atoms with Gasteiger partial charge < -0.3 is 0 Å². The van der Waals surface area contributed by atoms with Crippen molar-refractivity contribution in [2.75, 3.05) is 0 Å². The van der Waals surface area contributed by atoms with Crippen molar-refractivity contribution in [3.63, 3.8) is 0 Å². The summed E-state index contributed by atoms with van der Waals surface area (Å²) in [6.45, 7) is 0. The molecule has 2 rings (SSSR count). The van der Waals surface area contributed by atoms with Crippen LogP contribution in [0.25, 0.3) is 5.69 Å². The average Bonchev–Trinajstić information content (AvgIpc) is 2.67. The Hall–Kier alpha value is -0.650. The van der Waals surface area contributed by atoms with Gasteiger partial charge in [-0.3, -0.25) is 0 Å². The minimum absolute atomic E-state index is 0.102. The Morgan fingerprint density at radius 2 is 1.89 bits per heavy atom. The summed E-state index contributed by atoms with van der Waals surface area (Å²) in [4.78, 5) is 0. The molecular formula is C11H7BrCl2F2N2. The summed E-state index contributed by atoms with van der Waals surface area (Å²) in [5.41, 5.74) is 0.385. The fraction of sp³-hybridized carbons (Fsp3) is 0.182. The van der Waals surface area contributed by atoms with E-state index >= 15 is 0 Å². The summed E-state index contributed by atoms with van der Waals surface area (Å²) in [5, 5.41) is 3.93. The number of aromatic nitrogens is 2. The third kappa shape index (κ3) is 2.53. The predicted octanol–water partition coefficient (Wildman–Crippen LogP) is 4.96. The number of nitrogens with zero attached hydrogens (tertiary/aromatic N) is 2. The second kappa shape index (κ2) is 5.55. The highest BCUT2D eigenvalue weighted by atomic mass is 79.9. The highest BCUT2D eigenvalue weighted by molar-refractivity contribution is 9.10. The van der Waals surface area contributed by atoms with E-state index in [2.05, 4.69) is 21.0 Å². The molecule has 18 heavy (non-hydrogen) atoms. The van der Waals surface area contributed by atoms with Crippen molar-refractivity contribution in [1.82, 2.24) is 9.78 Å². The van der Waals surface area contributed by atoms with Crippen LogP contribution in [-0.4, -0.2) is 9.78 Å². The van der Waals surface area contributed by atoms with E-state index < -0.39 is 6.43 Å². The van der Waals surface area contributed by atoms with Crippen molar-refractivity contribution >= 4 is 39.1 Å². The first-order valence-corrected chi connectivity index (χ1v) is 6.62. The maximum Gasteiger partial charge on any atom is 0.282 e. The lowest BCUT2D eigenvalue weighted by molar-refractivity contribution is 0.144. The molecule has 0 unspecified atom stereocenters. The quantitative estimate of drug-likeness (QED) is 0.711. The molecule has 0 N–H and O–H groups in total. The van der Waals surface area contributed by atoms with E-state index in [9.17, 15) is 8.78 Å². The topological polar surface area (TPSA) is 17.8 Å². The summed E-state index contributed by atoms with van der Waals surface area (Å²) >= 11 is 14.9. The second-order valence-corrected chi connectivity index (χ2v) is 5.02. The largest absolute Gasteiger partial charge is 0.282 e. The number of benzene rings is 1. The fourth-order valence-corrected chi connectivity index (χ4v) is 2.39. The minimum Gasteiger partial charge on any atom is -0.221 e. The predicted molar refractivity (Wildman–Crippen MR) is 70.8 cm³/mol. The fourth-order valence-electron chi connectivity index (χ4n) is 1.50. The van der Waals surface area contributed by atoms with Crippen molar-refractivity contribution in [2.45, 2.75) is 12.3 Å². The number of rotatable bonds is 3. The lowest BCUT2D eigenvalue weighted by Crippen LogP contribution is -1.97. The Morgan fingerprint density at radius 3 is 2.33 bits per heavy atom. The molecule has 1 heterocycles. The second-order valence-electron chi connectivity index (χ2n) is 3.48. The normalized spacial score (nSPS) is 11.2. The van der Waals surface area contributed by atoms with Crippen LogP contribution >= 0.6 is 39.1 Å². The van der Waals surface area contributed by atoms with Crippen molar-refractivity contribution in [1.29, 1.82) is 0 Å². The van der Waals surface area contributed by atoms with E-state index in [1.165, 1.54) is 4.68 Å². The van der Waals surface area contributed by atoms with E-state index in [-0.39, 0.29) is 22.3 Å². The summed E-state index contributed by atoms with van der Waals surface area (Å²) in [5.74, 6) is -0.102. The van der Waals surface area contributed by atoms with Gasteiger partial charge in [0.15, 0.2) is 0 Å². The highest BCUT2D eigenvalue weighted by Gasteiger charge is 2.22. The first kappa shape index (κ1) is 13.8. The van der Waals surface area contributed by atoms with Gasteiger partial charge in [-0.2, -0.15) is 5.10 Å². The maximum atomic E-state index is 12.8. The zero-order chi connectivity index (χ0) is 13.3. The molecule has 2 aromatic rings. The van der Waals surface area contributed by atoms with Gasteiger partial charge in [-0.15, -0.1) is 11.6 Å². The van der Waals surface area contributed by atoms with E-state index in [4.69, 9.17) is 23.2 Å². The lowest BCUT2D eigenvalue weighted by atomic mass is 10.3. The van der Waals surface area contributed by atoms with Gasteiger partial charge in [-0.1, -0.05) is 27.5 Å². The third-order valence-corrected chi connectivity index (χ3v) is 3.55. The first-order chi connectivity index (χ1) is 8.54. The Morgan fingerprint density at radius 1 is 1.28 bits per heavy atom. The molecule has 0 radical (unpaired) electrons. The maximum absolute atomic E-state index is 12.8. The average molecular weight is 356 g/mol. The third-order valence-electron chi connectivity index (χ3n) is 2.36. The number of hydrogen-bond donors (Lipinski definition) is 0. The molecule has 0 atom stereocenters. The van der Waals surface area contributed by atoms with Crippen molar-refractivity contribution < 1.29 is 8.78 Å². The van der Waals surface area contributed by atoms with Crippen molar-refractivity contribution in [3.05, 3.63) is 45.1 Å². The zero-order valence-electron chi connectivity index (χ0n) is 8.88. The highest BCUT2D eigenvalue weighted by Crippen LogP contribution is 2.31. The lowest BCUT2D eigenvalue weighted by Gasteiger charge is -2.03. The van der Waals surface area contributed by atoms with E-state index in [1.54, 1.807) is 24.3 Å². The van der Waals surface area contributed by atoms with Gasteiger partial charge in [-0.25, -0.2) is 13.5 Å². The van der Waals surface area contributed by atoms with Gasteiger partial charge in [0, 0.05) is 10.0 Å². The van der Waals surface area contributed by atoms with Gasteiger partial charge in [0.2, 0.25) is 0 Å². The zero-order valence-corrected chi connectivity index (χ0v) is 12.0. The Balaban J connectivity index is 2.55. The molecule has 0 saturated heterocycles. The van der Waals surface area contributed by atoms with Gasteiger partial charge in [0.25, 0.3) is 6.43 Å². The van der Waals surface area contributed by atoms with Crippen LogP contribution in [0.2, 0.25) is 5.15 Å². The molecule has 2 nitrogen and oxygen atoms in total. The van der Waals surface area contributed by atoms with E-state index in [1.807, 2.05) is 0 Å². The summed E-state index contributed by atoms with van der Waals surface area (Å²) in [6.07, 6.45) is -2.70. The Bertz CT molecular complexity index is 555. The van der Waals surface area contributed by atoms with Crippen LogP contribution in [0.4, 0.5) is 8.78 Å². The Kier molecular flexibility index (Phi) is 4.25. The SMILES string of the molecule is FC(F)c1nn(-c2ccc(Br)cc2)c(Cl)c1CCl. The molecule has 1 aromatic heterocycles. The summed E-state index contributed by atoms with van der Waals surface area (Å²) in [7, 11) is 0. The molecular weight excluding hydrogens is 349 g/mol. The van der Waals surface area contributed by atoms with Crippen LogP contribution in [0.15, 0.2) is 28.7 Å². The molecule has 0 aliphatic carbocycles. The van der Waals surface area contributed by atoms with Gasteiger partial charge >= 0.3 is 0 Å². The molecule has 1 aromatic carbocycles. The monoisotopic (exact) mass is 354 g/mol. The standard InChI is InChI=1S/C11H7BrCl2F2N2/c12-6-1-3-7(4-2-6)18-10(14)8(5-13)9(17-18)11(15)16/h1-4,11H,5H2. The van der Waals surface area contributed by atoms with Gasteiger partial charge in [-0.05, 0) is 24.3 Å². The van der Waals surface area contributed by atoms with Crippen LogP contribution in [-0.2, 0) is 5.88 Å². The molecule has 0 spiro atoms. The molecule has 96 valence electrons. The summed E-state index contributed by atoms with van der Waals surface area (Å²) < 4.78 is 27.7. The molecule has 0 aliphatic rings. The molecule has 0 aliphatic heterocycles. The number of alkyl halides is 3. The number of halogens is 5. The first-order valence-electron chi connectivity index (χ1n) is 4.92. The molecule has 7 heteroatoms. The van der Waals surface area contributed by atoms with Crippen molar-refractivity contribution in [2.24, 2.45) is 0 Å². The van der Waals surface area contributed by atoms with Crippen LogP contribution in [0, 0.1) is 0 Å². The molecule has 0 fully saturated rings. The smallest absolute Gasteiger partial charge is 0.221 e. The minimum atomic E-state index is -2.70. The van der Waals surface area contributed by atoms with Crippen LogP contribution in [0.3, 0.4) is 0 Å². The van der Waals surface area contributed by atoms with Gasteiger partial charge in [0.1, 0.15) is 10.8 Å². The molecule has 0 saturated carbocycles. The van der Waals surface area contributed by atoms with Gasteiger partial charge in [0.05, 0.1) is 11.6 Å². The van der Waals surface area contributed by atoms with Crippen LogP contribution in [0.5, 0.6) is 0 Å². The number of hydrogen-bond acceptors (Lipinski definition) is 1. The van der Waals surface area contributed by atoms with Crippen LogP contribution in [0.1, 0.15) is 17.7 Å². The molecule has 0 bridgehead atoms.